The van der Waals surface area contributed by atoms with E-state index in [0.717, 1.165) is 12.8 Å². The van der Waals surface area contributed by atoms with E-state index in [0.29, 0.717) is 22.9 Å². The fraction of sp³-hybridized carbons (Fsp3) is 0.533. The van der Waals surface area contributed by atoms with Gasteiger partial charge in [-0.3, -0.25) is 4.79 Å². The van der Waals surface area contributed by atoms with Crippen molar-refractivity contribution in [2.24, 2.45) is 0 Å². The summed E-state index contributed by atoms with van der Waals surface area (Å²) in [6, 6.07) is 5.12. The number of benzene rings is 1. The van der Waals surface area contributed by atoms with Crippen molar-refractivity contribution in [1.29, 1.82) is 0 Å². The first-order chi connectivity index (χ1) is 9.55. The fourth-order valence-electron chi connectivity index (χ4n) is 1.94. The molecule has 0 bridgehead atoms. The summed E-state index contributed by atoms with van der Waals surface area (Å²) >= 11 is 6.01. The van der Waals surface area contributed by atoms with Crippen molar-refractivity contribution in [2.45, 2.75) is 32.2 Å². The van der Waals surface area contributed by atoms with Crippen LogP contribution < -0.4 is 14.8 Å². The first-order valence-electron chi connectivity index (χ1n) is 6.66. The van der Waals surface area contributed by atoms with Gasteiger partial charge in [-0.1, -0.05) is 13.8 Å². The number of methoxy groups -OCH3 is 2. The highest BCUT2D eigenvalue weighted by Crippen LogP contribution is 2.26. The Labute approximate surface area is 125 Å². The van der Waals surface area contributed by atoms with Gasteiger partial charge in [-0.15, -0.1) is 11.6 Å². The third-order valence-corrected chi connectivity index (χ3v) is 4.15. The summed E-state index contributed by atoms with van der Waals surface area (Å²) in [6.45, 7) is 4.02. The lowest BCUT2D eigenvalue weighted by Crippen LogP contribution is -2.49. The molecule has 4 nitrogen and oxygen atoms in total. The zero-order valence-electron chi connectivity index (χ0n) is 12.5. The second-order valence-corrected chi connectivity index (χ2v) is 4.91. The lowest BCUT2D eigenvalue weighted by molar-refractivity contribution is 0.0899. The van der Waals surface area contributed by atoms with E-state index in [1.807, 2.05) is 13.8 Å². The summed E-state index contributed by atoms with van der Waals surface area (Å²) in [5.74, 6) is 1.32. The lowest BCUT2D eigenvalue weighted by atomic mass is 9.94. The Balaban J connectivity index is 3.03. The molecule has 0 unspecified atom stereocenters. The highest BCUT2D eigenvalue weighted by molar-refractivity contribution is 6.19. The average Bonchev–Trinajstić information content (AvgIpc) is 2.51. The van der Waals surface area contributed by atoms with Crippen molar-refractivity contribution < 1.29 is 14.3 Å². The van der Waals surface area contributed by atoms with Crippen molar-refractivity contribution in [3.05, 3.63) is 23.8 Å². The Kier molecular flexibility index (Phi) is 6.14. The van der Waals surface area contributed by atoms with Crippen LogP contribution in [0.15, 0.2) is 18.2 Å². The number of hydrogen-bond acceptors (Lipinski definition) is 3. The van der Waals surface area contributed by atoms with Crippen LogP contribution in [0.2, 0.25) is 0 Å². The summed E-state index contributed by atoms with van der Waals surface area (Å²) in [5.41, 5.74) is 0.0912. The summed E-state index contributed by atoms with van der Waals surface area (Å²) in [5, 5.41) is 3.02. The molecule has 0 radical (unpaired) electrons. The number of rotatable bonds is 7. The molecule has 20 heavy (non-hydrogen) atoms. The number of alkyl halides is 1. The highest BCUT2D eigenvalue weighted by Gasteiger charge is 2.28. The Morgan fingerprint density at radius 3 is 2.35 bits per heavy atom. The van der Waals surface area contributed by atoms with Gasteiger partial charge in [0.05, 0.1) is 25.3 Å². The Morgan fingerprint density at radius 1 is 1.25 bits per heavy atom. The molecule has 0 aliphatic heterocycles. The van der Waals surface area contributed by atoms with Crippen molar-refractivity contribution in [3.8, 4) is 11.5 Å². The fourth-order valence-corrected chi connectivity index (χ4v) is 2.39. The second-order valence-electron chi connectivity index (χ2n) is 4.64. The van der Waals surface area contributed by atoms with Gasteiger partial charge in [0.15, 0.2) is 0 Å². The number of nitrogens with one attached hydrogen (secondary N) is 1. The predicted molar refractivity (Wildman–Crippen MR) is 81.0 cm³/mol. The summed E-state index contributed by atoms with van der Waals surface area (Å²) in [4.78, 5) is 12.4. The largest absolute Gasteiger partial charge is 0.497 e. The molecular weight excluding hydrogens is 278 g/mol. The van der Waals surface area contributed by atoms with Crippen LogP contribution >= 0.6 is 11.6 Å². The molecule has 1 N–H and O–H groups in total. The van der Waals surface area contributed by atoms with E-state index in [1.54, 1.807) is 25.3 Å². The maximum absolute atomic E-state index is 12.4. The maximum Gasteiger partial charge on any atom is 0.255 e. The Bertz CT molecular complexity index is 450. The SMILES string of the molecule is CCC(CC)(CCl)NC(=O)c1ccc(OC)cc1OC. The molecular formula is C15H22ClNO3. The van der Waals surface area contributed by atoms with Gasteiger partial charge < -0.3 is 14.8 Å². The molecule has 1 aromatic carbocycles. The van der Waals surface area contributed by atoms with Gasteiger partial charge in [0.2, 0.25) is 0 Å². The van der Waals surface area contributed by atoms with E-state index in [2.05, 4.69) is 5.32 Å². The molecule has 0 spiro atoms. The quantitative estimate of drug-likeness (QED) is 0.786. The topological polar surface area (TPSA) is 47.6 Å². The van der Waals surface area contributed by atoms with Gasteiger partial charge in [0.1, 0.15) is 11.5 Å². The first-order valence-corrected chi connectivity index (χ1v) is 7.19. The van der Waals surface area contributed by atoms with Gasteiger partial charge in [-0.2, -0.15) is 0 Å². The van der Waals surface area contributed by atoms with Crippen LogP contribution in [0.25, 0.3) is 0 Å². The third-order valence-electron chi connectivity index (χ3n) is 3.64. The molecule has 0 saturated carbocycles. The van der Waals surface area contributed by atoms with E-state index in [-0.39, 0.29) is 11.4 Å². The van der Waals surface area contributed by atoms with Gasteiger partial charge in [-0.25, -0.2) is 0 Å². The molecule has 0 aliphatic carbocycles. The van der Waals surface area contributed by atoms with Crippen molar-refractivity contribution >= 4 is 17.5 Å². The molecule has 1 aromatic rings. The molecule has 1 rings (SSSR count). The van der Waals surface area contributed by atoms with Crippen molar-refractivity contribution in [3.63, 3.8) is 0 Å². The maximum atomic E-state index is 12.4. The van der Waals surface area contributed by atoms with Crippen LogP contribution in [0.4, 0.5) is 0 Å². The molecule has 0 aromatic heterocycles. The number of amides is 1. The molecule has 0 atom stereocenters. The zero-order valence-corrected chi connectivity index (χ0v) is 13.2. The van der Waals surface area contributed by atoms with Crippen molar-refractivity contribution in [2.75, 3.05) is 20.1 Å². The van der Waals surface area contributed by atoms with E-state index >= 15 is 0 Å². The minimum atomic E-state index is -0.385. The van der Waals surface area contributed by atoms with Crippen LogP contribution in [-0.2, 0) is 0 Å². The summed E-state index contributed by atoms with van der Waals surface area (Å²) < 4.78 is 10.4. The van der Waals surface area contributed by atoms with E-state index in [1.165, 1.54) is 7.11 Å². The minimum Gasteiger partial charge on any atom is -0.497 e. The van der Waals surface area contributed by atoms with Crippen LogP contribution in [-0.4, -0.2) is 31.5 Å². The van der Waals surface area contributed by atoms with Crippen LogP contribution in [0.5, 0.6) is 11.5 Å². The highest BCUT2D eigenvalue weighted by atomic mass is 35.5. The smallest absolute Gasteiger partial charge is 0.255 e. The van der Waals surface area contributed by atoms with Crippen LogP contribution in [0.1, 0.15) is 37.0 Å². The van der Waals surface area contributed by atoms with Gasteiger partial charge >= 0.3 is 0 Å². The summed E-state index contributed by atoms with van der Waals surface area (Å²) in [7, 11) is 3.10. The lowest BCUT2D eigenvalue weighted by Gasteiger charge is -2.30. The monoisotopic (exact) mass is 299 g/mol. The van der Waals surface area contributed by atoms with Gasteiger partial charge in [0, 0.05) is 11.9 Å². The first kappa shape index (κ1) is 16.6. The minimum absolute atomic E-state index is 0.186. The standard InChI is InChI=1S/C15H22ClNO3/c1-5-15(6-2,10-16)17-14(18)12-8-7-11(19-3)9-13(12)20-4/h7-9H,5-6,10H2,1-4H3,(H,17,18). The number of carbonyl (C=O) groups excluding carboxylic acids is 1. The molecule has 0 saturated heterocycles. The zero-order chi connectivity index (χ0) is 15.2. The van der Waals surface area contributed by atoms with Crippen molar-refractivity contribution in [1.82, 2.24) is 5.32 Å². The molecule has 112 valence electrons. The molecule has 0 heterocycles. The van der Waals surface area contributed by atoms with Crippen LogP contribution in [0, 0.1) is 0 Å². The third kappa shape index (κ3) is 3.57. The number of halogens is 1. The Morgan fingerprint density at radius 2 is 1.90 bits per heavy atom. The van der Waals surface area contributed by atoms with Gasteiger partial charge in [-0.05, 0) is 25.0 Å². The van der Waals surface area contributed by atoms with E-state index < -0.39 is 0 Å². The van der Waals surface area contributed by atoms with Crippen LogP contribution in [0.3, 0.4) is 0 Å². The number of ether oxygens (including phenoxy) is 2. The Hall–Kier alpha value is -1.42. The average molecular weight is 300 g/mol. The molecule has 0 fully saturated rings. The van der Waals surface area contributed by atoms with E-state index in [4.69, 9.17) is 21.1 Å². The molecule has 5 heteroatoms. The second kappa shape index (κ2) is 7.39. The predicted octanol–water partition coefficient (Wildman–Crippen LogP) is 3.23. The van der Waals surface area contributed by atoms with E-state index in [9.17, 15) is 4.79 Å². The normalized spacial score (nSPS) is 11.1. The number of hydrogen-bond donors (Lipinski definition) is 1. The summed E-state index contributed by atoms with van der Waals surface area (Å²) in [6.07, 6.45) is 1.55. The number of carbonyl (C=O) groups is 1. The molecule has 1 amide bonds. The molecule has 0 aliphatic rings. The van der Waals surface area contributed by atoms with Gasteiger partial charge in [0.25, 0.3) is 5.91 Å².